The SMILES string of the molecule is CCOC(=O)CC(=O)N1C[C@H](C2CC2)N(c2ccc(Cl)cc2)[C@H](c2ccc(Cl)cc2)C1.O.O=C(O)CC(=O)N1C[C@H](C2CC2)N(c2ccc(Cl)cc2)[C@H](c2ccc(Cl)cc2)C1.[Li+].[OH-]. The number of halogens is 4. The van der Waals surface area contributed by atoms with Crippen molar-refractivity contribution >= 4 is 81.5 Å². The van der Waals surface area contributed by atoms with E-state index >= 15 is 0 Å². The molecule has 2 amide bonds. The van der Waals surface area contributed by atoms with Gasteiger partial charge in [0.15, 0.2) is 0 Å². The summed E-state index contributed by atoms with van der Waals surface area (Å²) in [6.45, 7) is 4.06. The van der Waals surface area contributed by atoms with Gasteiger partial charge >= 0.3 is 30.8 Å². The summed E-state index contributed by atoms with van der Waals surface area (Å²) < 4.78 is 4.99. The van der Waals surface area contributed by atoms with E-state index in [-0.39, 0.29) is 78.8 Å². The Morgan fingerprint density at radius 3 is 1.22 bits per heavy atom. The van der Waals surface area contributed by atoms with Crippen molar-refractivity contribution in [2.75, 3.05) is 42.6 Å². The Hall–Kier alpha value is -3.96. The third kappa shape index (κ3) is 13.3. The fraction of sp³-hybridized carbons (Fsp3) is 0.391. The summed E-state index contributed by atoms with van der Waals surface area (Å²) in [5, 5.41) is 11.8. The molecule has 4 N–H and O–H groups in total. The predicted molar refractivity (Wildman–Crippen MR) is 241 cm³/mol. The first-order valence-electron chi connectivity index (χ1n) is 20.4. The molecule has 17 heteroatoms. The van der Waals surface area contributed by atoms with Gasteiger partial charge in [-0.2, -0.15) is 0 Å². The summed E-state index contributed by atoms with van der Waals surface area (Å²) in [6.07, 6.45) is 3.81. The minimum atomic E-state index is -1.10. The summed E-state index contributed by atoms with van der Waals surface area (Å²) >= 11 is 24.5. The van der Waals surface area contributed by atoms with Crippen LogP contribution in [0.15, 0.2) is 97.1 Å². The van der Waals surface area contributed by atoms with Crippen LogP contribution in [0.5, 0.6) is 0 Å². The number of esters is 1. The van der Waals surface area contributed by atoms with Gasteiger partial charge in [-0.05, 0) is 128 Å². The molecule has 63 heavy (non-hydrogen) atoms. The molecule has 2 aliphatic heterocycles. The van der Waals surface area contributed by atoms with Crippen molar-refractivity contribution in [1.82, 2.24) is 9.80 Å². The van der Waals surface area contributed by atoms with Crippen molar-refractivity contribution in [3.63, 3.8) is 0 Å². The molecule has 4 aromatic carbocycles. The van der Waals surface area contributed by atoms with Gasteiger partial charge in [0.25, 0.3) is 0 Å². The number of carboxylic acid groups (broad SMARTS) is 1. The average molecular weight is 937 g/mol. The van der Waals surface area contributed by atoms with Crippen molar-refractivity contribution in [2.45, 2.75) is 69.6 Å². The van der Waals surface area contributed by atoms with Crippen LogP contribution in [0, 0.1) is 11.8 Å². The van der Waals surface area contributed by atoms with E-state index in [2.05, 4.69) is 9.80 Å². The number of amides is 2. The van der Waals surface area contributed by atoms with Crippen LogP contribution in [0.1, 0.15) is 68.7 Å². The Morgan fingerprint density at radius 2 is 0.905 bits per heavy atom. The van der Waals surface area contributed by atoms with Gasteiger partial charge in [-0.25, -0.2) is 0 Å². The van der Waals surface area contributed by atoms with Gasteiger partial charge in [-0.3, -0.25) is 19.2 Å². The quantitative estimate of drug-likeness (QED) is 0.112. The van der Waals surface area contributed by atoms with E-state index in [0.717, 1.165) is 48.2 Å². The second-order valence-corrected chi connectivity index (χ2v) is 17.6. The van der Waals surface area contributed by atoms with Crippen LogP contribution in [-0.4, -0.2) is 94.5 Å². The Morgan fingerprint density at radius 1 is 0.571 bits per heavy atom. The maximum absolute atomic E-state index is 13.0. The maximum atomic E-state index is 13.0. The fourth-order valence-electron chi connectivity index (χ4n) is 8.51. The van der Waals surface area contributed by atoms with E-state index in [4.69, 9.17) is 56.2 Å². The number of hydrogen-bond acceptors (Lipinski definition) is 8. The number of aliphatic carboxylic acids is 1. The number of anilines is 2. The number of piperazine rings is 2. The van der Waals surface area contributed by atoms with Gasteiger partial charge in [0.05, 0.1) is 30.8 Å². The zero-order valence-electron chi connectivity index (χ0n) is 35.2. The largest absolute Gasteiger partial charge is 1.00 e. The number of ether oxygens (including phenoxy) is 1. The number of carboxylic acids is 1. The molecule has 0 bridgehead atoms. The number of rotatable bonds is 11. The van der Waals surface area contributed by atoms with Crippen LogP contribution in [0.3, 0.4) is 0 Å². The monoisotopic (exact) mass is 934 g/mol. The molecule has 0 spiro atoms. The molecule has 332 valence electrons. The van der Waals surface area contributed by atoms with Crippen LogP contribution in [0.25, 0.3) is 0 Å². The van der Waals surface area contributed by atoms with Gasteiger partial charge in [0.1, 0.15) is 12.8 Å². The Balaban J connectivity index is 0.000000264. The molecule has 0 unspecified atom stereocenters. The molecule has 4 aliphatic rings. The molecule has 0 aromatic heterocycles. The topological polar surface area (TPSA) is 172 Å². The standard InChI is InChI=1S/C24H26Cl2N2O3.C22H22Cl2N2O3.Li.2H2O/c1-2-31-24(30)13-23(29)27-14-21(16-3-4-16)28(20-11-9-19(26)10-12-20)22(15-27)17-5-7-18(25)8-6-17;23-16-5-3-15(4-6-16)20-13-25(21(27)11-22(28)29)12-19(14-1-2-14)26(20)18-9-7-17(24)8-10-18;;;/h5-12,16,21-22H,2-4,13-15H2,1H3;3-10,14,19-20H,1-2,11-13H2,(H,28,29);;2*1H2/q;;+1;;/p-1/t21-,22+;19-,20+;;;/m11.../s1. The van der Waals surface area contributed by atoms with Gasteiger partial charge in [0, 0.05) is 57.6 Å². The summed E-state index contributed by atoms with van der Waals surface area (Å²) in [5.41, 5.74) is 4.26. The smallest absolute Gasteiger partial charge is 0.870 e. The van der Waals surface area contributed by atoms with Gasteiger partial charge < -0.3 is 40.4 Å². The van der Waals surface area contributed by atoms with Gasteiger partial charge in [-0.15, -0.1) is 0 Å². The van der Waals surface area contributed by atoms with E-state index in [1.165, 1.54) is 0 Å². The second kappa shape index (κ2) is 23.3. The van der Waals surface area contributed by atoms with Crippen LogP contribution < -0.4 is 28.7 Å². The maximum Gasteiger partial charge on any atom is 1.00 e. The number of carbonyl (C=O) groups excluding carboxylic acids is 3. The Labute approximate surface area is 400 Å². The third-order valence-electron chi connectivity index (χ3n) is 11.7. The molecule has 2 saturated carbocycles. The first-order valence-corrected chi connectivity index (χ1v) is 21.9. The second-order valence-electron chi connectivity index (χ2n) is 15.9. The van der Waals surface area contributed by atoms with E-state index in [1.807, 2.05) is 102 Å². The van der Waals surface area contributed by atoms with Crippen LogP contribution in [-0.2, 0) is 23.9 Å². The first kappa shape index (κ1) is 51.7. The molecule has 2 heterocycles. The molecule has 4 atom stereocenters. The zero-order chi connectivity index (χ0) is 42.5. The van der Waals surface area contributed by atoms with Crippen molar-refractivity contribution in [3.05, 3.63) is 128 Å². The molecular formula is C46H51Cl4LiN4O8. The van der Waals surface area contributed by atoms with E-state index in [1.54, 1.807) is 11.8 Å². The third-order valence-corrected chi connectivity index (χ3v) is 12.7. The molecule has 4 fully saturated rings. The minimum Gasteiger partial charge on any atom is -0.870 e. The van der Waals surface area contributed by atoms with E-state index < -0.39 is 18.4 Å². The van der Waals surface area contributed by atoms with Crippen molar-refractivity contribution in [3.8, 4) is 0 Å². The normalized spacial score (nSPS) is 20.5. The van der Waals surface area contributed by atoms with Crippen molar-refractivity contribution in [1.29, 1.82) is 0 Å². The molecule has 2 saturated heterocycles. The summed E-state index contributed by atoms with van der Waals surface area (Å²) in [5.74, 6) is -1.08. The Kier molecular flexibility index (Phi) is 19.1. The number of carbonyl (C=O) groups is 4. The summed E-state index contributed by atoms with van der Waals surface area (Å²) in [6, 6.07) is 31.2. The molecule has 8 rings (SSSR count). The predicted octanol–water partition coefficient (Wildman–Crippen LogP) is 5.75. The molecule has 4 aromatic rings. The van der Waals surface area contributed by atoms with Crippen LogP contribution in [0.2, 0.25) is 20.1 Å². The molecule has 12 nitrogen and oxygen atoms in total. The number of benzene rings is 4. The molecule has 0 radical (unpaired) electrons. The van der Waals surface area contributed by atoms with E-state index in [0.29, 0.717) is 58.1 Å². The number of nitrogens with zero attached hydrogens (tertiary/aromatic N) is 4. The minimum absolute atomic E-state index is 0. The van der Waals surface area contributed by atoms with Gasteiger partial charge in [0.2, 0.25) is 11.8 Å². The summed E-state index contributed by atoms with van der Waals surface area (Å²) in [4.78, 5) is 56.9. The van der Waals surface area contributed by atoms with Crippen molar-refractivity contribution in [2.24, 2.45) is 11.8 Å². The van der Waals surface area contributed by atoms with E-state index in [9.17, 15) is 19.2 Å². The van der Waals surface area contributed by atoms with Crippen LogP contribution in [0.4, 0.5) is 11.4 Å². The average Bonchev–Trinajstić information content (AvgIpc) is 4.17. The molecular weight excluding hydrogens is 885 g/mol. The summed E-state index contributed by atoms with van der Waals surface area (Å²) in [7, 11) is 0. The van der Waals surface area contributed by atoms with Gasteiger partial charge in [-0.1, -0.05) is 70.7 Å². The van der Waals surface area contributed by atoms with Crippen LogP contribution >= 0.6 is 46.4 Å². The molecule has 2 aliphatic carbocycles. The Bertz CT molecular complexity index is 2150. The first-order chi connectivity index (χ1) is 28.9. The fourth-order valence-corrected chi connectivity index (χ4v) is 9.02. The zero-order valence-corrected chi connectivity index (χ0v) is 38.2. The van der Waals surface area contributed by atoms with Crippen molar-refractivity contribution < 1.29 is 58.8 Å². The number of hydrogen-bond donors (Lipinski definition) is 1.